The highest BCUT2D eigenvalue weighted by molar-refractivity contribution is 5.86. The molecule has 0 spiro atoms. The average molecular weight is 343 g/mol. The third-order valence-electron chi connectivity index (χ3n) is 5.29. The van der Waals surface area contributed by atoms with Gasteiger partial charge in [0.2, 0.25) is 5.91 Å². The Hall–Kier alpha value is -2.22. The second-order valence-corrected chi connectivity index (χ2v) is 7.05. The fourth-order valence-corrected chi connectivity index (χ4v) is 3.81. The molecule has 0 radical (unpaired) electrons. The Morgan fingerprint density at radius 1 is 1.20 bits per heavy atom. The van der Waals surface area contributed by atoms with Gasteiger partial charge in [-0.2, -0.15) is 5.10 Å². The molecule has 0 aliphatic carbocycles. The molecule has 134 valence electrons. The number of rotatable bonds is 5. The van der Waals surface area contributed by atoms with Crippen LogP contribution in [0.15, 0.2) is 12.5 Å². The minimum Gasteiger partial charge on any atom is -0.356 e. The number of carbonyl (C=O) groups excluding carboxylic acids is 1. The molecule has 4 heterocycles. The van der Waals surface area contributed by atoms with E-state index in [0.717, 1.165) is 62.4 Å². The molecule has 0 atom stereocenters. The number of piperidine rings is 1. The molecular formula is C17H25N7O. The lowest BCUT2D eigenvalue weighted by Gasteiger charge is -2.33. The van der Waals surface area contributed by atoms with E-state index in [4.69, 9.17) is 0 Å². The van der Waals surface area contributed by atoms with Gasteiger partial charge in [-0.1, -0.05) is 0 Å². The number of anilines is 1. The van der Waals surface area contributed by atoms with Crippen LogP contribution in [0.4, 0.5) is 5.82 Å². The van der Waals surface area contributed by atoms with Crippen molar-refractivity contribution in [2.75, 3.05) is 44.2 Å². The van der Waals surface area contributed by atoms with E-state index in [0.29, 0.717) is 12.5 Å². The molecule has 0 bridgehead atoms. The van der Waals surface area contributed by atoms with Crippen LogP contribution in [0.3, 0.4) is 0 Å². The van der Waals surface area contributed by atoms with Crippen LogP contribution in [-0.2, 0) is 4.79 Å². The summed E-state index contributed by atoms with van der Waals surface area (Å²) >= 11 is 0. The van der Waals surface area contributed by atoms with E-state index in [1.807, 2.05) is 0 Å². The number of hydrogen-bond donors (Lipinski definition) is 2. The molecule has 2 aliphatic rings. The monoisotopic (exact) mass is 343 g/mol. The molecule has 2 N–H and O–H groups in total. The first kappa shape index (κ1) is 16.3. The van der Waals surface area contributed by atoms with Crippen molar-refractivity contribution < 1.29 is 4.79 Å². The standard InChI is InChI=1S/C17H25N7O/c25-15(11-23-5-1-2-6-23)18-9-13-3-7-24(8-4-13)17-14-10-21-22-16(14)19-12-20-17/h10,12-13H,1-9,11H2,(H,18,25)(H,19,20,21,22). The van der Waals surface area contributed by atoms with E-state index in [1.165, 1.54) is 12.8 Å². The third-order valence-corrected chi connectivity index (χ3v) is 5.29. The van der Waals surface area contributed by atoms with Crippen LogP contribution < -0.4 is 10.2 Å². The second-order valence-electron chi connectivity index (χ2n) is 7.05. The molecule has 2 aromatic rings. The van der Waals surface area contributed by atoms with Gasteiger partial charge in [-0.25, -0.2) is 9.97 Å². The van der Waals surface area contributed by atoms with E-state index >= 15 is 0 Å². The topological polar surface area (TPSA) is 90.0 Å². The quantitative estimate of drug-likeness (QED) is 0.834. The third kappa shape index (κ3) is 3.73. The maximum atomic E-state index is 12.1. The number of hydrogen-bond acceptors (Lipinski definition) is 6. The molecule has 2 aliphatic heterocycles. The Balaban J connectivity index is 1.25. The molecular weight excluding hydrogens is 318 g/mol. The molecule has 8 nitrogen and oxygen atoms in total. The van der Waals surface area contributed by atoms with Crippen molar-refractivity contribution in [1.29, 1.82) is 0 Å². The fourth-order valence-electron chi connectivity index (χ4n) is 3.81. The van der Waals surface area contributed by atoms with Gasteiger partial charge in [0.05, 0.1) is 18.1 Å². The van der Waals surface area contributed by atoms with Crippen molar-refractivity contribution in [1.82, 2.24) is 30.4 Å². The maximum absolute atomic E-state index is 12.1. The molecule has 2 saturated heterocycles. The summed E-state index contributed by atoms with van der Waals surface area (Å²) in [6, 6.07) is 0. The Morgan fingerprint density at radius 2 is 2.00 bits per heavy atom. The SMILES string of the molecule is O=C(CN1CCCC1)NCC1CCN(c2ncnc3[nH]ncc23)CC1. The Morgan fingerprint density at radius 3 is 2.80 bits per heavy atom. The molecule has 0 saturated carbocycles. The fraction of sp³-hybridized carbons (Fsp3) is 0.647. The molecule has 4 rings (SSSR count). The van der Waals surface area contributed by atoms with Crippen molar-refractivity contribution in [3.05, 3.63) is 12.5 Å². The summed E-state index contributed by atoms with van der Waals surface area (Å²) in [6.07, 6.45) is 7.94. The first-order chi connectivity index (χ1) is 12.3. The van der Waals surface area contributed by atoms with Crippen molar-refractivity contribution in [3.63, 3.8) is 0 Å². The van der Waals surface area contributed by atoms with Crippen LogP contribution in [0.25, 0.3) is 11.0 Å². The van der Waals surface area contributed by atoms with Gasteiger partial charge in [0.1, 0.15) is 12.1 Å². The number of nitrogens with zero attached hydrogens (tertiary/aromatic N) is 5. The summed E-state index contributed by atoms with van der Waals surface area (Å²) in [7, 11) is 0. The zero-order chi connectivity index (χ0) is 17.1. The second kappa shape index (κ2) is 7.35. The average Bonchev–Trinajstić information content (AvgIpc) is 3.31. The summed E-state index contributed by atoms with van der Waals surface area (Å²) in [6.45, 7) is 5.36. The van der Waals surface area contributed by atoms with E-state index in [9.17, 15) is 4.79 Å². The lowest BCUT2D eigenvalue weighted by Crippen LogP contribution is -2.41. The number of aromatic amines is 1. The maximum Gasteiger partial charge on any atom is 0.234 e. The highest BCUT2D eigenvalue weighted by atomic mass is 16.2. The van der Waals surface area contributed by atoms with Crippen molar-refractivity contribution in [3.8, 4) is 0 Å². The normalized spacial score (nSPS) is 19.6. The zero-order valence-electron chi connectivity index (χ0n) is 14.4. The number of likely N-dealkylation sites (tertiary alicyclic amines) is 1. The van der Waals surface area contributed by atoms with Gasteiger partial charge in [0.25, 0.3) is 0 Å². The Bertz CT molecular complexity index is 717. The zero-order valence-corrected chi connectivity index (χ0v) is 14.4. The summed E-state index contributed by atoms with van der Waals surface area (Å²) in [4.78, 5) is 25.2. The van der Waals surface area contributed by atoms with Gasteiger partial charge in [-0.05, 0) is 44.7 Å². The van der Waals surface area contributed by atoms with Crippen molar-refractivity contribution in [2.45, 2.75) is 25.7 Å². The number of H-pyrrole nitrogens is 1. The van der Waals surface area contributed by atoms with Gasteiger partial charge < -0.3 is 10.2 Å². The van der Waals surface area contributed by atoms with Gasteiger partial charge >= 0.3 is 0 Å². The van der Waals surface area contributed by atoms with Gasteiger partial charge in [0, 0.05) is 19.6 Å². The Labute approximate surface area is 147 Å². The van der Waals surface area contributed by atoms with Crippen LogP contribution in [0.2, 0.25) is 0 Å². The number of aromatic nitrogens is 4. The van der Waals surface area contributed by atoms with Crippen LogP contribution in [-0.4, -0.2) is 70.2 Å². The highest BCUT2D eigenvalue weighted by Gasteiger charge is 2.23. The van der Waals surface area contributed by atoms with E-state index < -0.39 is 0 Å². The molecule has 2 aromatic heterocycles. The summed E-state index contributed by atoms with van der Waals surface area (Å²) in [5, 5.41) is 11.0. The number of fused-ring (bicyclic) bond motifs is 1. The molecule has 0 aromatic carbocycles. The van der Waals surface area contributed by atoms with Crippen LogP contribution in [0.1, 0.15) is 25.7 Å². The van der Waals surface area contributed by atoms with E-state index in [-0.39, 0.29) is 5.91 Å². The highest BCUT2D eigenvalue weighted by Crippen LogP contribution is 2.26. The van der Waals surface area contributed by atoms with E-state index in [1.54, 1.807) is 12.5 Å². The van der Waals surface area contributed by atoms with Crippen molar-refractivity contribution in [2.24, 2.45) is 5.92 Å². The van der Waals surface area contributed by atoms with Gasteiger partial charge in [-0.3, -0.25) is 14.8 Å². The van der Waals surface area contributed by atoms with E-state index in [2.05, 4.69) is 35.3 Å². The molecule has 8 heteroatoms. The molecule has 25 heavy (non-hydrogen) atoms. The smallest absolute Gasteiger partial charge is 0.234 e. The lowest BCUT2D eigenvalue weighted by atomic mass is 9.96. The molecule has 0 unspecified atom stereocenters. The molecule has 1 amide bonds. The minimum atomic E-state index is 0.167. The number of carbonyl (C=O) groups is 1. The Kier molecular flexibility index (Phi) is 4.78. The largest absolute Gasteiger partial charge is 0.356 e. The lowest BCUT2D eigenvalue weighted by molar-refractivity contribution is -0.122. The van der Waals surface area contributed by atoms with Crippen LogP contribution in [0, 0.1) is 5.92 Å². The predicted molar refractivity (Wildman–Crippen MR) is 95.3 cm³/mol. The summed E-state index contributed by atoms with van der Waals surface area (Å²) in [5.74, 6) is 1.66. The summed E-state index contributed by atoms with van der Waals surface area (Å²) in [5.41, 5.74) is 0.779. The van der Waals surface area contributed by atoms with Crippen molar-refractivity contribution >= 4 is 22.8 Å². The van der Waals surface area contributed by atoms with Crippen LogP contribution >= 0.6 is 0 Å². The molecule has 2 fully saturated rings. The first-order valence-corrected chi connectivity index (χ1v) is 9.17. The minimum absolute atomic E-state index is 0.167. The summed E-state index contributed by atoms with van der Waals surface area (Å²) < 4.78 is 0. The number of nitrogens with one attached hydrogen (secondary N) is 2. The van der Waals surface area contributed by atoms with Crippen LogP contribution in [0.5, 0.6) is 0 Å². The predicted octanol–water partition coefficient (Wildman–Crippen LogP) is 0.781. The first-order valence-electron chi connectivity index (χ1n) is 9.17. The van der Waals surface area contributed by atoms with Gasteiger partial charge in [-0.15, -0.1) is 0 Å². The number of amides is 1. The van der Waals surface area contributed by atoms with Gasteiger partial charge in [0.15, 0.2) is 5.65 Å².